The monoisotopic (exact) mass is 276 g/mol. The highest BCUT2D eigenvalue weighted by Crippen LogP contribution is 2.19. The van der Waals surface area contributed by atoms with E-state index in [0.717, 1.165) is 4.57 Å². The number of nitrogen functional groups attached to an aromatic ring is 1. The first-order chi connectivity index (χ1) is 9.40. The molecule has 0 unspecified atom stereocenters. The van der Waals surface area contributed by atoms with E-state index in [-0.39, 0.29) is 17.9 Å². The molecule has 2 N–H and O–H groups in total. The van der Waals surface area contributed by atoms with Crippen LogP contribution in [-0.2, 0) is 13.6 Å². The van der Waals surface area contributed by atoms with Crippen LogP contribution in [0.1, 0.15) is 5.56 Å². The fraction of sp³-hybridized carbons (Fsp3) is 0.167. The van der Waals surface area contributed by atoms with Crippen molar-refractivity contribution < 1.29 is 4.92 Å². The lowest BCUT2D eigenvalue weighted by Crippen LogP contribution is -2.38. The van der Waals surface area contributed by atoms with E-state index in [1.807, 2.05) is 0 Å². The highest BCUT2D eigenvalue weighted by molar-refractivity contribution is 5.52. The Balaban J connectivity index is 2.53. The molecule has 1 aromatic heterocycles. The Morgan fingerprint density at radius 3 is 2.65 bits per heavy atom. The van der Waals surface area contributed by atoms with Crippen LogP contribution in [-0.4, -0.2) is 14.1 Å². The lowest BCUT2D eigenvalue weighted by atomic mass is 10.1. The van der Waals surface area contributed by atoms with E-state index < -0.39 is 16.2 Å². The summed E-state index contributed by atoms with van der Waals surface area (Å²) in [6.45, 7) is -0.111. The van der Waals surface area contributed by atoms with Crippen LogP contribution in [0, 0.1) is 10.1 Å². The predicted molar refractivity (Wildman–Crippen MR) is 72.6 cm³/mol. The van der Waals surface area contributed by atoms with Gasteiger partial charge in [-0.1, -0.05) is 0 Å². The van der Waals surface area contributed by atoms with Crippen LogP contribution in [0.2, 0.25) is 0 Å². The number of rotatable bonds is 3. The second-order valence-electron chi connectivity index (χ2n) is 4.27. The lowest BCUT2D eigenvalue weighted by Gasteiger charge is -2.08. The summed E-state index contributed by atoms with van der Waals surface area (Å²) in [5.41, 5.74) is 5.22. The minimum absolute atomic E-state index is 0.111. The average Bonchev–Trinajstić information content (AvgIpc) is 2.41. The third-order valence-corrected chi connectivity index (χ3v) is 2.91. The summed E-state index contributed by atoms with van der Waals surface area (Å²) in [4.78, 5) is 33.8. The zero-order valence-electron chi connectivity index (χ0n) is 10.6. The van der Waals surface area contributed by atoms with Gasteiger partial charge in [0.2, 0.25) is 0 Å². The van der Waals surface area contributed by atoms with Crippen LogP contribution < -0.4 is 17.0 Å². The molecule has 0 fully saturated rings. The highest BCUT2D eigenvalue weighted by atomic mass is 16.6. The van der Waals surface area contributed by atoms with Crippen LogP contribution in [0.25, 0.3) is 0 Å². The van der Waals surface area contributed by atoms with Gasteiger partial charge in [0.25, 0.3) is 11.2 Å². The molecule has 1 heterocycles. The van der Waals surface area contributed by atoms with E-state index in [9.17, 15) is 19.7 Å². The smallest absolute Gasteiger partial charge is 0.331 e. The number of hydrogen-bond acceptors (Lipinski definition) is 5. The van der Waals surface area contributed by atoms with Crippen molar-refractivity contribution in [3.8, 4) is 0 Å². The first kappa shape index (κ1) is 13.5. The fourth-order valence-corrected chi connectivity index (χ4v) is 1.77. The van der Waals surface area contributed by atoms with E-state index in [1.54, 1.807) is 0 Å². The third kappa shape index (κ3) is 2.44. The molecule has 8 nitrogen and oxygen atoms in total. The molecule has 0 spiro atoms. The van der Waals surface area contributed by atoms with Crippen LogP contribution in [0.15, 0.2) is 40.1 Å². The Morgan fingerprint density at radius 2 is 2.00 bits per heavy atom. The maximum absolute atomic E-state index is 11.9. The summed E-state index contributed by atoms with van der Waals surface area (Å²) in [7, 11) is 1.51. The molecule has 0 atom stereocenters. The molecular weight excluding hydrogens is 264 g/mol. The first-order valence-corrected chi connectivity index (χ1v) is 5.69. The second kappa shape index (κ2) is 5.00. The van der Waals surface area contributed by atoms with Gasteiger partial charge in [0.05, 0.1) is 11.5 Å². The second-order valence-corrected chi connectivity index (χ2v) is 4.27. The number of nitro groups is 1. The van der Waals surface area contributed by atoms with Gasteiger partial charge in [-0.25, -0.2) is 4.79 Å². The minimum Gasteiger partial charge on any atom is -0.398 e. The number of nitrogens with zero attached hydrogens (tertiary/aromatic N) is 3. The fourth-order valence-electron chi connectivity index (χ4n) is 1.77. The first-order valence-electron chi connectivity index (χ1n) is 5.69. The summed E-state index contributed by atoms with van der Waals surface area (Å²) in [5.74, 6) is 0. The standard InChI is InChI=1S/C12H12N4O4/c1-14-5-4-11(17)15(12(14)18)7-8-6-9(16(19)20)2-3-10(8)13/h2-6H,7,13H2,1H3. The molecule has 0 radical (unpaired) electrons. The van der Waals surface area contributed by atoms with Crippen LogP contribution >= 0.6 is 0 Å². The topological polar surface area (TPSA) is 113 Å². The van der Waals surface area contributed by atoms with E-state index in [1.165, 1.54) is 42.1 Å². The van der Waals surface area contributed by atoms with Gasteiger partial charge in [0, 0.05) is 42.7 Å². The zero-order chi connectivity index (χ0) is 14.9. The number of aryl methyl sites for hydroxylation is 1. The van der Waals surface area contributed by atoms with Gasteiger partial charge in [-0.15, -0.1) is 0 Å². The Labute approximate surface area is 112 Å². The molecule has 0 aliphatic carbocycles. The molecule has 0 aliphatic heterocycles. The molecule has 0 amide bonds. The van der Waals surface area contributed by atoms with Crippen LogP contribution in [0.4, 0.5) is 11.4 Å². The van der Waals surface area contributed by atoms with Gasteiger partial charge in [-0.2, -0.15) is 0 Å². The van der Waals surface area contributed by atoms with Crippen molar-refractivity contribution in [1.29, 1.82) is 0 Å². The van der Waals surface area contributed by atoms with Crippen molar-refractivity contribution in [3.05, 3.63) is 67.0 Å². The largest absolute Gasteiger partial charge is 0.398 e. The molecule has 0 bridgehead atoms. The van der Waals surface area contributed by atoms with Crippen molar-refractivity contribution in [1.82, 2.24) is 9.13 Å². The predicted octanol–water partition coefficient (Wildman–Crippen LogP) is 0.0857. The molecule has 1 aromatic carbocycles. The molecule has 0 aliphatic rings. The number of nitrogens with two attached hydrogens (primary N) is 1. The third-order valence-electron chi connectivity index (χ3n) is 2.91. The van der Waals surface area contributed by atoms with E-state index in [2.05, 4.69) is 0 Å². The molecule has 104 valence electrons. The minimum atomic E-state index is -0.561. The van der Waals surface area contributed by atoms with Gasteiger partial charge in [-0.05, 0) is 6.07 Å². The zero-order valence-corrected chi connectivity index (χ0v) is 10.6. The molecule has 8 heteroatoms. The average molecular weight is 276 g/mol. The van der Waals surface area contributed by atoms with Gasteiger partial charge in [0.1, 0.15) is 0 Å². The van der Waals surface area contributed by atoms with Gasteiger partial charge in [-0.3, -0.25) is 19.5 Å². The summed E-state index contributed by atoms with van der Waals surface area (Å²) in [5, 5.41) is 10.7. The normalized spacial score (nSPS) is 10.4. The highest BCUT2D eigenvalue weighted by Gasteiger charge is 2.11. The molecule has 0 saturated heterocycles. The summed E-state index contributed by atoms with van der Waals surface area (Å²) in [6.07, 6.45) is 1.36. The Bertz CT molecular complexity index is 791. The van der Waals surface area contributed by atoms with Crippen molar-refractivity contribution >= 4 is 11.4 Å². The summed E-state index contributed by atoms with van der Waals surface area (Å²) >= 11 is 0. The van der Waals surface area contributed by atoms with Gasteiger partial charge >= 0.3 is 5.69 Å². The van der Waals surface area contributed by atoms with Gasteiger partial charge < -0.3 is 10.3 Å². The molecular formula is C12H12N4O4. The van der Waals surface area contributed by atoms with Crippen LogP contribution in [0.3, 0.4) is 0 Å². The maximum atomic E-state index is 11.9. The molecule has 2 rings (SSSR count). The number of non-ortho nitro benzene ring substituents is 1. The van der Waals surface area contributed by atoms with Crippen LogP contribution in [0.5, 0.6) is 0 Å². The summed E-state index contributed by atoms with van der Waals surface area (Å²) < 4.78 is 2.21. The maximum Gasteiger partial charge on any atom is 0.331 e. The van der Waals surface area contributed by atoms with Crippen molar-refractivity contribution in [2.24, 2.45) is 7.05 Å². The van der Waals surface area contributed by atoms with Crippen molar-refractivity contribution in [2.45, 2.75) is 6.54 Å². The summed E-state index contributed by atoms with van der Waals surface area (Å²) in [6, 6.07) is 5.15. The molecule has 2 aromatic rings. The molecule has 20 heavy (non-hydrogen) atoms. The quantitative estimate of drug-likeness (QED) is 0.484. The number of aromatic nitrogens is 2. The number of nitro benzene ring substituents is 1. The Hall–Kier alpha value is -2.90. The number of benzene rings is 1. The van der Waals surface area contributed by atoms with E-state index in [0.29, 0.717) is 5.56 Å². The number of anilines is 1. The number of hydrogen-bond donors (Lipinski definition) is 1. The Morgan fingerprint density at radius 1 is 1.30 bits per heavy atom. The van der Waals surface area contributed by atoms with E-state index in [4.69, 9.17) is 5.73 Å². The SMILES string of the molecule is Cn1ccc(=O)n(Cc2cc([N+](=O)[O-])ccc2N)c1=O. The van der Waals surface area contributed by atoms with E-state index >= 15 is 0 Å². The molecule has 0 saturated carbocycles. The lowest BCUT2D eigenvalue weighted by molar-refractivity contribution is -0.384. The van der Waals surface area contributed by atoms with Crippen molar-refractivity contribution in [3.63, 3.8) is 0 Å². The Kier molecular flexibility index (Phi) is 3.38. The van der Waals surface area contributed by atoms with Crippen molar-refractivity contribution in [2.75, 3.05) is 5.73 Å². The van der Waals surface area contributed by atoms with Gasteiger partial charge in [0.15, 0.2) is 0 Å².